The van der Waals surface area contributed by atoms with E-state index in [2.05, 4.69) is 5.32 Å². The van der Waals surface area contributed by atoms with Crippen LogP contribution in [0.4, 0.5) is 4.39 Å². The number of amides is 1. The lowest BCUT2D eigenvalue weighted by Gasteiger charge is -2.19. The highest BCUT2D eigenvalue weighted by atomic mass is 32.2. The number of hydrogen-bond acceptors (Lipinski definition) is 5. The Bertz CT molecular complexity index is 689. The number of carbonyl (C=O) groups is 1. The van der Waals surface area contributed by atoms with Gasteiger partial charge in [0.2, 0.25) is 15.9 Å². The van der Waals surface area contributed by atoms with Crippen molar-refractivity contribution >= 4 is 15.9 Å². The summed E-state index contributed by atoms with van der Waals surface area (Å²) in [6.45, 7) is 0.638. The first-order valence-electron chi connectivity index (χ1n) is 7.52. The van der Waals surface area contributed by atoms with Gasteiger partial charge in [-0.15, -0.1) is 0 Å². The Morgan fingerprint density at radius 2 is 2.25 bits per heavy atom. The van der Waals surface area contributed by atoms with E-state index in [-0.39, 0.29) is 23.3 Å². The monoisotopic (exact) mass is 360 g/mol. The van der Waals surface area contributed by atoms with Gasteiger partial charge in [-0.05, 0) is 31.0 Å². The zero-order valence-electron chi connectivity index (χ0n) is 13.6. The van der Waals surface area contributed by atoms with Crippen molar-refractivity contribution in [2.45, 2.75) is 23.8 Å². The molecule has 1 aromatic carbocycles. The minimum atomic E-state index is -4.06. The van der Waals surface area contributed by atoms with Crippen LogP contribution in [0.5, 0.6) is 5.75 Å². The molecule has 1 N–H and O–H groups in total. The summed E-state index contributed by atoms with van der Waals surface area (Å²) >= 11 is 0. The van der Waals surface area contributed by atoms with Gasteiger partial charge in [0.15, 0.2) is 0 Å². The number of likely N-dealkylation sites (N-methyl/N-ethyl adjacent to an activating group) is 1. The molecule has 134 valence electrons. The number of sulfonamides is 1. The molecule has 0 unspecified atom stereocenters. The van der Waals surface area contributed by atoms with Gasteiger partial charge in [-0.3, -0.25) is 4.79 Å². The second-order valence-electron chi connectivity index (χ2n) is 5.50. The summed E-state index contributed by atoms with van der Waals surface area (Å²) in [5.74, 6) is -1.14. The third-order valence-electron chi connectivity index (χ3n) is 3.73. The molecule has 1 heterocycles. The summed E-state index contributed by atoms with van der Waals surface area (Å²) in [7, 11) is -1.51. The number of hydrogen-bond donors (Lipinski definition) is 1. The molecule has 0 bridgehead atoms. The largest absolute Gasteiger partial charge is 0.495 e. The lowest BCUT2D eigenvalue weighted by atomic mass is 10.2. The molecule has 1 aromatic rings. The van der Waals surface area contributed by atoms with E-state index in [1.807, 2.05) is 0 Å². The van der Waals surface area contributed by atoms with Crippen molar-refractivity contribution in [2.75, 3.05) is 33.9 Å². The Labute approximate surface area is 140 Å². The van der Waals surface area contributed by atoms with Crippen LogP contribution in [0.15, 0.2) is 23.1 Å². The highest BCUT2D eigenvalue weighted by Gasteiger charge is 2.27. The summed E-state index contributed by atoms with van der Waals surface area (Å²) in [6.07, 6.45) is 1.79. The SMILES string of the molecule is COc1ccc(F)cc1S(=O)(=O)N(C)CC(=O)NC[C@H]1CCCO1. The summed E-state index contributed by atoms with van der Waals surface area (Å²) in [5, 5.41) is 2.64. The molecule has 1 fully saturated rings. The Hall–Kier alpha value is -1.71. The van der Waals surface area contributed by atoms with E-state index in [9.17, 15) is 17.6 Å². The zero-order chi connectivity index (χ0) is 17.7. The fourth-order valence-electron chi connectivity index (χ4n) is 2.40. The van der Waals surface area contributed by atoms with Gasteiger partial charge in [-0.1, -0.05) is 0 Å². The van der Waals surface area contributed by atoms with Crippen molar-refractivity contribution in [1.29, 1.82) is 0 Å². The lowest BCUT2D eigenvalue weighted by Crippen LogP contribution is -2.40. The molecule has 1 aliphatic heterocycles. The van der Waals surface area contributed by atoms with Crippen LogP contribution in [0.1, 0.15) is 12.8 Å². The number of ether oxygens (including phenoxy) is 2. The number of methoxy groups -OCH3 is 1. The third kappa shape index (κ3) is 4.43. The summed E-state index contributed by atoms with van der Waals surface area (Å²) in [5.41, 5.74) is 0. The van der Waals surface area contributed by atoms with E-state index >= 15 is 0 Å². The first-order valence-corrected chi connectivity index (χ1v) is 8.97. The van der Waals surface area contributed by atoms with E-state index in [1.54, 1.807) is 0 Å². The molecule has 0 aromatic heterocycles. The van der Waals surface area contributed by atoms with E-state index in [1.165, 1.54) is 20.2 Å². The van der Waals surface area contributed by atoms with Crippen LogP contribution in [0.25, 0.3) is 0 Å². The minimum absolute atomic E-state index is 0.0167. The van der Waals surface area contributed by atoms with Gasteiger partial charge in [0.05, 0.1) is 19.8 Å². The second kappa shape index (κ2) is 7.91. The maximum atomic E-state index is 13.4. The van der Waals surface area contributed by atoms with Gasteiger partial charge in [0.25, 0.3) is 0 Å². The summed E-state index contributed by atoms with van der Waals surface area (Å²) < 4.78 is 49.7. The van der Waals surface area contributed by atoms with Gasteiger partial charge in [-0.2, -0.15) is 4.31 Å². The zero-order valence-corrected chi connectivity index (χ0v) is 14.4. The minimum Gasteiger partial charge on any atom is -0.495 e. The van der Waals surface area contributed by atoms with Crippen LogP contribution in [-0.2, 0) is 19.6 Å². The van der Waals surface area contributed by atoms with Crippen LogP contribution in [0, 0.1) is 5.82 Å². The van der Waals surface area contributed by atoms with Crippen molar-refractivity contribution in [1.82, 2.24) is 9.62 Å². The van der Waals surface area contributed by atoms with E-state index in [0.717, 1.165) is 29.3 Å². The number of carbonyl (C=O) groups excluding carboxylic acids is 1. The molecule has 0 spiro atoms. The van der Waals surface area contributed by atoms with Gasteiger partial charge in [-0.25, -0.2) is 12.8 Å². The number of nitrogens with one attached hydrogen (secondary N) is 1. The maximum absolute atomic E-state index is 13.4. The van der Waals surface area contributed by atoms with Crippen LogP contribution in [0.2, 0.25) is 0 Å². The van der Waals surface area contributed by atoms with Crippen LogP contribution >= 0.6 is 0 Å². The highest BCUT2D eigenvalue weighted by molar-refractivity contribution is 7.89. The molecule has 0 radical (unpaired) electrons. The lowest BCUT2D eigenvalue weighted by molar-refractivity contribution is -0.121. The molecule has 0 aliphatic carbocycles. The van der Waals surface area contributed by atoms with Crippen LogP contribution in [-0.4, -0.2) is 58.6 Å². The molecule has 1 aliphatic rings. The second-order valence-corrected chi connectivity index (χ2v) is 7.51. The van der Waals surface area contributed by atoms with Crippen LogP contribution < -0.4 is 10.1 Å². The Morgan fingerprint density at radius 1 is 1.50 bits per heavy atom. The standard InChI is InChI=1S/C15H21FN2O5S/c1-18(10-15(19)17-9-12-4-3-7-23-12)24(20,21)14-8-11(16)5-6-13(14)22-2/h5-6,8,12H,3-4,7,9-10H2,1-2H3,(H,17,19)/t12-/m1/s1. The molecule has 9 heteroatoms. The van der Waals surface area contributed by atoms with Gasteiger partial charge >= 0.3 is 0 Å². The average Bonchev–Trinajstić information content (AvgIpc) is 3.06. The number of rotatable bonds is 7. The Morgan fingerprint density at radius 3 is 2.88 bits per heavy atom. The van der Waals surface area contributed by atoms with Crippen molar-refractivity contribution in [3.8, 4) is 5.75 Å². The molecular weight excluding hydrogens is 339 g/mol. The van der Waals surface area contributed by atoms with Crippen molar-refractivity contribution in [2.24, 2.45) is 0 Å². The molecule has 24 heavy (non-hydrogen) atoms. The quantitative estimate of drug-likeness (QED) is 0.776. The van der Waals surface area contributed by atoms with Crippen LogP contribution in [0.3, 0.4) is 0 Å². The Balaban J connectivity index is 2.03. The van der Waals surface area contributed by atoms with Gasteiger partial charge in [0.1, 0.15) is 16.5 Å². The number of nitrogens with zero attached hydrogens (tertiary/aromatic N) is 1. The molecule has 1 atom stereocenters. The highest BCUT2D eigenvalue weighted by Crippen LogP contribution is 2.26. The Kier molecular flexibility index (Phi) is 6.14. The van der Waals surface area contributed by atoms with Gasteiger partial charge < -0.3 is 14.8 Å². The third-order valence-corrected chi connectivity index (χ3v) is 5.56. The smallest absolute Gasteiger partial charge is 0.247 e. The number of halogens is 1. The fourth-order valence-corrected chi connectivity index (χ4v) is 3.69. The van der Waals surface area contributed by atoms with Crippen molar-refractivity contribution < 1.29 is 27.1 Å². The van der Waals surface area contributed by atoms with E-state index in [0.29, 0.717) is 13.2 Å². The summed E-state index contributed by atoms with van der Waals surface area (Å²) in [6, 6.07) is 3.20. The fraction of sp³-hybridized carbons (Fsp3) is 0.533. The van der Waals surface area contributed by atoms with E-state index in [4.69, 9.17) is 9.47 Å². The van der Waals surface area contributed by atoms with Crippen molar-refractivity contribution in [3.05, 3.63) is 24.0 Å². The predicted molar refractivity (Wildman–Crippen MR) is 84.8 cm³/mol. The first-order chi connectivity index (χ1) is 11.3. The molecule has 1 amide bonds. The normalized spacial score (nSPS) is 17.9. The molecule has 1 saturated heterocycles. The molecule has 0 saturated carbocycles. The maximum Gasteiger partial charge on any atom is 0.247 e. The van der Waals surface area contributed by atoms with Crippen molar-refractivity contribution in [3.63, 3.8) is 0 Å². The molecular formula is C15H21FN2O5S. The predicted octanol–water partition coefficient (Wildman–Crippen LogP) is 0.750. The first kappa shape index (κ1) is 18.6. The van der Waals surface area contributed by atoms with Gasteiger partial charge in [0, 0.05) is 20.2 Å². The average molecular weight is 360 g/mol. The summed E-state index contributed by atoms with van der Waals surface area (Å²) in [4.78, 5) is 11.6. The topological polar surface area (TPSA) is 84.9 Å². The van der Waals surface area contributed by atoms with E-state index < -0.39 is 21.7 Å². The number of benzene rings is 1. The molecule has 2 rings (SSSR count). The molecule has 7 nitrogen and oxygen atoms in total.